The number of primary amides is 1. The van der Waals surface area contributed by atoms with Gasteiger partial charge in [0.1, 0.15) is 11.5 Å². The van der Waals surface area contributed by atoms with Crippen LogP contribution in [-0.4, -0.2) is 38.5 Å². The van der Waals surface area contributed by atoms with Crippen LogP contribution in [0.3, 0.4) is 0 Å². The van der Waals surface area contributed by atoms with Crippen LogP contribution < -0.4 is 15.2 Å². The molecule has 1 aromatic rings. The Hall–Kier alpha value is -2.87. The van der Waals surface area contributed by atoms with E-state index in [0.29, 0.717) is 0 Å². The van der Waals surface area contributed by atoms with E-state index in [1.54, 1.807) is 0 Å². The molecule has 2 unspecified atom stereocenters. The SMILES string of the molecule is Cc1c(C)c(OC2CCCCO2)c(CCCCC#CCCCC#CCOC(N)=O)c(C)c1OC1CCCCO1. The van der Waals surface area contributed by atoms with Gasteiger partial charge in [-0.2, -0.15) is 0 Å². The third kappa shape index (κ3) is 10.3. The van der Waals surface area contributed by atoms with E-state index < -0.39 is 6.09 Å². The highest BCUT2D eigenvalue weighted by atomic mass is 16.7. The molecule has 2 saturated heterocycles. The monoisotopic (exact) mass is 539 g/mol. The van der Waals surface area contributed by atoms with E-state index in [1.165, 1.54) is 5.56 Å². The lowest BCUT2D eigenvalue weighted by Crippen LogP contribution is -2.27. The van der Waals surface area contributed by atoms with Gasteiger partial charge in [-0.15, -0.1) is 11.8 Å². The standard InChI is InChI=1S/C32H45NO6/c1-24-25(2)31(39-29-20-14-17-22-36-29)27(26(3)30(24)38-28-19-13-16-21-35-28)18-12-10-8-6-4-5-7-9-11-15-23-37-32(33)34/h28-29H,5,7-10,12-14,16-23H2,1-3H3,(H2,33,34). The van der Waals surface area contributed by atoms with Crippen LogP contribution in [0.4, 0.5) is 4.79 Å². The molecule has 2 aliphatic rings. The van der Waals surface area contributed by atoms with Crippen molar-refractivity contribution in [1.29, 1.82) is 0 Å². The van der Waals surface area contributed by atoms with Gasteiger partial charge in [-0.1, -0.05) is 11.8 Å². The van der Waals surface area contributed by atoms with Gasteiger partial charge in [0.05, 0.1) is 13.2 Å². The van der Waals surface area contributed by atoms with Gasteiger partial charge >= 0.3 is 6.09 Å². The molecule has 214 valence electrons. The minimum Gasteiger partial charge on any atom is -0.464 e. The Labute approximate surface area is 234 Å². The van der Waals surface area contributed by atoms with Gasteiger partial charge in [0.2, 0.25) is 0 Å². The molecule has 2 heterocycles. The second-order valence-electron chi connectivity index (χ2n) is 10.2. The first-order valence-corrected chi connectivity index (χ1v) is 14.5. The summed E-state index contributed by atoms with van der Waals surface area (Å²) in [4.78, 5) is 10.5. The Bertz CT molecular complexity index is 1050. The van der Waals surface area contributed by atoms with Gasteiger partial charge < -0.3 is 29.4 Å². The summed E-state index contributed by atoms with van der Waals surface area (Å²) < 4.78 is 29.3. The lowest BCUT2D eigenvalue weighted by Gasteiger charge is -2.30. The minimum absolute atomic E-state index is 0.0450. The van der Waals surface area contributed by atoms with Crippen molar-refractivity contribution in [2.24, 2.45) is 5.73 Å². The highest BCUT2D eigenvalue weighted by molar-refractivity contribution is 5.64. The average Bonchev–Trinajstić information content (AvgIpc) is 2.94. The molecule has 2 aliphatic heterocycles. The van der Waals surface area contributed by atoms with Crippen LogP contribution in [-0.2, 0) is 20.6 Å². The number of amides is 1. The Morgan fingerprint density at radius 3 is 1.92 bits per heavy atom. The molecule has 0 aliphatic carbocycles. The molecule has 1 amide bonds. The summed E-state index contributed by atoms with van der Waals surface area (Å²) in [6.07, 6.45) is 11.4. The molecule has 7 heteroatoms. The van der Waals surface area contributed by atoms with E-state index in [2.05, 4.69) is 49.2 Å². The van der Waals surface area contributed by atoms with Crippen molar-refractivity contribution in [3.8, 4) is 35.2 Å². The van der Waals surface area contributed by atoms with Crippen LogP contribution in [0.5, 0.6) is 11.5 Å². The van der Waals surface area contributed by atoms with E-state index in [-0.39, 0.29) is 19.2 Å². The van der Waals surface area contributed by atoms with Gasteiger partial charge in [0, 0.05) is 37.7 Å². The predicted molar refractivity (Wildman–Crippen MR) is 152 cm³/mol. The van der Waals surface area contributed by atoms with Crippen molar-refractivity contribution >= 4 is 6.09 Å². The fourth-order valence-corrected chi connectivity index (χ4v) is 4.87. The maximum Gasteiger partial charge on any atom is 0.405 e. The minimum atomic E-state index is -0.798. The average molecular weight is 540 g/mol. The summed E-state index contributed by atoms with van der Waals surface area (Å²) in [5.74, 6) is 14.2. The highest BCUT2D eigenvalue weighted by Crippen LogP contribution is 2.40. The molecule has 0 aromatic heterocycles. The predicted octanol–water partition coefficient (Wildman–Crippen LogP) is 6.41. The maximum atomic E-state index is 10.5. The van der Waals surface area contributed by atoms with E-state index in [1.807, 2.05) is 0 Å². The first-order valence-electron chi connectivity index (χ1n) is 14.5. The van der Waals surface area contributed by atoms with Crippen LogP contribution in [0.2, 0.25) is 0 Å². The van der Waals surface area contributed by atoms with E-state index >= 15 is 0 Å². The summed E-state index contributed by atoms with van der Waals surface area (Å²) in [5.41, 5.74) is 9.49. The summed E-state index contributed by atoms with van der Waals surface area (Å²) in [7, 11) is 0. The number of hydrogen-bond acceptors (Lipinski definition) is 6. The summed E-state index contributed by atoms with van der Waals surface area (Å²) in [6, 6.07) is 0. The zero-order valence-corrected chi connectivity index (χ0v) is 24.0. The van der Waals surface area contributed by atoms with Crippen molar-refractivity contribution in [3.63, 3.8) is 0 Å². The van der Waals surface area contributed by atoms with Crippen LogP contribution in [0.1, 0.15) is 99.3 Å². The molecule has 1 aromatic carbocycles. The van der Waals surface area contributed by atoms with Gasteiger partial charge in [0.15, 0.2) is 19.2 Å². The Morgan fingerprint density at radius 2 is 1.33 bits per heavy atom. The molecule has 0 spiro atoms. The maximum absolute atomic E-state index is 10.5. The smallest absolute Gasteiger partial charge is 0.405 e. The van der Waals surface area contributed by atoms with Crippen molar-refractivity contribution in [2.75, 3.05) is 19.8 Å². The van der Waals surface area contributed by atoms with Crippen molar-refractivity contribution < 1.29 is 28.5 Å². The van der Waals surface area contributed by atoms with E-state index in [4.69, 9.17) is 24.7 Å². The number of benzene rings is 1. The van der Waals surface area contributed by atoms with E-state index in [9.17, 15) is 4.79 Å². The van der Waals surface area contributed by atoms with Gasteiger partial charge in [-0.05, 0) is 88.8 Å². The molecule has 39 heavy (non-hydrogen) atoms. The lowest BCUT2D eigenvalue weighted by molar-refractivity contribution is -0.108. The number of unbranched alkanes of at least 4 members (excludes halogenated alkanes) is 4. The second-order valence-corrected chi connectivity index (χ2v) is 10.2. The number of hydrogen-bond donors (Lipinski definition) is 1. The Kier molecular flexibility index (Phi) is 13.3. The molecule has 7 nitrogen and oxygen atoms in total. The van der Waals surface area contributed by atoms with Crippen LogP contribution in [0.15, 0.2) is 0 Å². The molecule has 2 N–H and O–H groups in total. The Balaban J connectivity index is 1.57. The van der Waals surface area contributed by atoms with Crippen LogP contribution in [0.25, 0.3) is 0 Å². The number of ether oxygens (including phenoxy) is 5. The number of nitrogens with two attached hydrogens (primary N) is 1. The zero-order chi connectivity index (χ0) is 27.9. The third-order valence-electron chi connectivity index (χ3n) is 7.20. The van der Waals surface area contributed by atoms with Crippen molar-refractivity contribution in [1.82, 2.24) is 0 Å². The topological polar surface area (TPSA) is 89.2 Å². The lowest BCUT2D eigenvalue weighted by atomic mass is 9.93. The largest absolute Gasteiger partial charge is 0.464 e. The van der Waals surface area contributed by atoms with Gasteiger partial charge in [-0.25, -0.2) is 4.79 Å². The van der Waals surface area contributed by atoms with Crippen LogP contribution in [0, 0.1) is 44.5 Å². The third-order valence-corrected chi connectivity index (χ3v) is 7.20. The molecule has 0 radical (unpaired) electrons. The highest BCUT2D eigenvalue weighted by Gasteiger charge is 2.25. The number of rotatable bonds is 11. The molecule has 0 saturated carbocycles. The molecule has 2 atom stereocenters. The van der Waals surface area contributed by atoms with Crippen LogP contribution >= 0.6 is 0 Å². The summed E-state index contributed by atoms with van der Waals surface area (Å²) >= 11 is 0. The van der Waals surface area contributed by atoms with E-state index in [0.717, 1.165) is 125 Å². The summed E-state index contributed by atoms with van der Waals surface area (Å²) in [6.45, 7) is 7.96. The molecule has 0 bridgehead atoms. The normalized spacial score (nSPS) is 18.7. The quantitative estimate of drug-likeness (QED) is 0.258. The first-order chi connectivity index (χ1) is 19.0. The van der Waals surface area contributed by atoms with Gasteiger partial charge in [-0.3, -0.25) is 0 Å². The summed E-state index contributed by atoms with van der Waals surface area (Å²) in [5, 5.41) is 0. The van der Waals surface area contributed by atoms with Gasteiger partial charge in [0.25, 0.3) is 0 Å². The van der Waals surface area contributed by atoms with Crippen molar-refractivity contribution in [3.05, 3.63) is 22.3 Å². The Morgan fingerprint density at radius 1 is 0.769 bits per heavy atom. The number of carbonyl (C=O) groups excluding carboxylic acids is 1. The molecule has 2 fully saturated rings. The van der Waals surface area contributed by atoms with Crippen molar-refractivity contribution in [2.45, 2.75) is 117 Å². The first kappa shape index (κ1) is 30.7. The second kappa shape index (κ2) is 17.0. The molecular formula is C32H45NO6. The fraction of sp³-hybridized carbons (Fsp3) is 0.656. The molecular weight excluding hydrogens is 494 g/mol. The number of carbonyl (C=O) groups is 1. The molecule has 3 rings (SSSR count). The zero-order valence-electron chi connectivity index (χ0n) is 24.0. The fourth-order valence-electron chi connectivity index (χ4n) is 4.87.